The molecule has 0 amide bonds. The zero-order valence-electron chi connectivity index (χ0n) is 15.0. The van der Waals surface area contributed by atoms with Gasteiger partial charge in [0.2, 0.25) is 0 Å². The van der Waals surface area contributed by atoms with E-state index in [0.29, 0.717) is 6.54 Å². The van der Waals surface area contributed by atoms with Gasteiger partial charge in [0.25, 0.3) is 0 Å². The number of ether oxygens (including phenoxy) is 1. The number of nitrogens with zero attached hydrogens (tertiary/aromatic N) is 1. The Morgan fingerprint density at radius 3 is 2.80 bits per heavy atom. The SMILES string of the molecule is COC1=CCC=C(/C(=C/N)N(C)C(C)NCc2ccccc2Cl)C=C1. The van der Waals surface area contributed by atoms with Gasteiger partial charge in [-0.05, 0) is 48.8 Å². The number of halogens is 1. The van der Waals surface area contributed by atoms with Gasteiger partial charge in [-0.3, -0.25) is 5.32 Å². The molecular weight excluding hydrogens is 334 g/mol. The second-order valence-electron chi connectivity index (χ2n) is 5.85. The van der Waals surface area contributed by atoms with E-state index in [9.17, 15) is 0 Å². The molecule has 0 bridgehead atoms. The molecule has 1 aliphatic carbocycles. The molecule has 0 aromatic heterocycles. The van der Waals surface area contributed by atoms with Gasteiger partial charge in [-0.15, -0.1) is 0 Å². The summed E-state index contributed by atoms with van der Waals surface area (Å²) < 4.78 is 5.29. The molecule has 0 aliphatic heterocycles. The van der Waals surface area contributed by atoms with Gasteiger partial charge in [0, 0.05) is 24.8 Å². The fourth-order valence-electron chi connectivity index (χ4n) is 2.61. The normalized spacial score (nSPS) is 15.9. The third-order valence-corrected chi connectivity index (χ3v) is 4.65. The maximum absolute atomic E-state index is 6.22. The van der Waals surface area contributed by atoms with Gasteiger partial charge in [0.15, 0.2) is 0 Å². The third kappa shape index (κ3) is 5.15. The lowest BCUT2D eigenvalue weighted by molar-refractivity contribution is 0.277. The molecule has 0 spiro atoms. The standard InChI is InChI=1S/C20H26ClN3O/c1-15(23-14-17-7-4-5-10-19(17)21)24(2)20(13-22)16-8-6-9-18(25-3)12-11-16/h4-5,7-13,15,23H,6,14,22H2,1-3H3/b20-13-. The van der Waals surface area contributed by atoms with E-state index in [1.54, 1.807) is 13.3 Å². The topological polar surface area (TPSA) is 50.5 Å². The molecular formula is C20H26ClN3O. The number of likely N-dealkylation sites (N-methyl/N-ethyl adjacent to an activating group) is 1. The molecule has 1 aromatic rings. The first-order valence-corrected chi connectivity index (χ1v) is 8.69. The number of nitrogens with two attached hydrogens (primary N) is 1. The molecule has 4 nitrogen and oxygen atoms in total. The van der Waals surface area contributed by atoms with Crippen LogP contribution >= 0.6 is 11.6 Å². The predicted molar refractivity (Wildman–Crippen MR) is 105 cm³/mol. The number of hydrogen-bond acceptors (Lipinski definition) is 4. The van der Waals surface area contributed by atoms with Crippen LogP contribution in [0.4, 0.5) is 0 Å². The quantitative estimate of drug-likeness (QED) is 0.724. The fraction of sp³-hybridized carbons (Fsp3) is 0.300. The van der Waals surface area contributed by atoms with Crippen molar-refractivity contribution in [3.05, 3.63) is 82.4 Å². The van der Waals surface area contributed by atoms with Crippen molar-refractivity contribution in [3.63, 3.8) is 0 Å². The summed E-state index contributed by atoms with van der Waals surface area (Å²) >= 11 is 6.22. The Hall–Kier alpha value is -2.17. The van der Waals surface area contributed by atoms with Crippen LogP contribution in [0.25, 0.3) is 0 Å². The van der Waals surface area contributed by atoms with Crippen LogP contribution in [0.5, 0.6) is 0 Å². The van der Waals surface area contributed by atoms with Crippen molar-refractivity contribution in [2.45, 2.75) is 26.1 Å². The molecule has 2 rings (SSSR count). The first-order valence-electron chi connectivity index (χ1n) is 8.31. The van der Waals surface area contributed by atoms with Crippen molar-refractivity contribution in [2.75, 3.05) is 14.2 Å². The van der Waals surface area contributed by atoms with E-state index in [0.717, 1.165) is 34.0 Å². The van der Waals surface area contributed by atoms with Crippen molar-refractivity contribution in [1.29, 1.82) is 0 Å². The van der Waals surface area contributed by atoms with Gasteiger partial charge in [0.05, 0.1) is 19.0 Å². The highest BCUT2D eigenvalue weighted by Crippen LogP contribution is 2.21. The van der Waals surface area contributed by atoms with Gasteiger partial charge in [-0.25, -0.2) is 0 Å². The Balaban J connectivity index is 2.03. The summed E-state index contributed by atoms with van der Waals surface area (Å²) in [6, 6.07) is 7.85. The van der Waals surface area contributed by atoms with Crippen LogP contribution in [-0.2, 0) is 11.3 Å². The van der Waals surface area contributed by atoms with Gasteiger partial charge in [-0.2, -0.15) is 0 Å². The summed E-state index contributed by atoms with van der Waals surface area (Å²) in [4.78, 5) is 2.12. The van der Waals surface area contributed by atoms with E-state index in [4.69, 9.17) is 22.1 Å². The van der Waals surface area contributed by atoms with E-state index < -0.39 is 0 Å². The van der Waals surface area contributed by atoms with Crippen LogP contribution in [0.3, 0.4) is 0 Å². The average Bonchev–Trinajstić information content (AvgIpc) is 2.87. The molecule has 0 saturated carbocycles. The van der Waals surface area contributed by atoms with Crippen LogP contribution in [0, 0.1) is 0 Å². The summed E-state index contributed by atoms with van der Waals surface area (Å²) in [6.07, 6.45) is 10.7. The van der Waals surface area contributed by atoms with Gasteiger partial charge >= 0.3 is 0 Å². The van der Waals surface area contributed by atoms with Crippen LogP contribution in [0.2, 0.25) is 5.02 Å². The van der Waals surface area contributed by atoms with Gasteiger partial charge < -0.3 is 15.4 Å². The predicted octanol–water partition coefficient (Wildman–Crippen LogP) is 3.92. The third-order valence-electron chi connectivity index (χ3n) is 4.28. The van der Waals surface area contributed by atoms with Crippen LogP contribution in [-0.4, -0.2) is 25.2 Å². The first kappa shape index (κ1) is 19.2. The minimum absolute atomic E-state index is 0.0819. The Labute approximate surface area is 155 Å². The Morgan fingerprint density at radius 1 is 1.36 bits per heavy atom. The molecule has 0 saturated heterocycles. The van der Waals surface area contributed by atoms with Crippen molar-refractivity contribution >= 4 is 11.6 Å². The summed E-state index contributed by atoms with van der Waals surface area (Å²) in [7, 11) is 3.70. The second kappa shape index (κ2) is 9.35. The Kier molecular flexibility index (Phi) is 7.16. The van der Waals surface area contributed by atoms with Crippen molar-refractivity contribution in [3.8, 4) is 0 Å². The maximum Gasteiger partial charge on any atom is 0.115 e. The lowest BCUT2D eigenvalue weighted by atomic mass is 10.1. The smallest absolute Gasteiger partial charge is 0.115 e. The largest absolute Gasteiger partial charge is 0.497 e. The molecule has 0 radical (unpaired) electrons. The monoisotopic (exact) mass is 359 g/mol. The Bertz CT molecular complexity index is 707. The lowest BCUT2D eigenvalue weighted by Gasteiger charge is -2.30. The molecule has 134 valence electrons. The number of allylic oxidation sites excluding steroid dienone is 4. The molecule has 0 heterocycles. The summed E-state index contributed by atoms with van der Waals surface area (Å²) in [5.41, 5.74) is 9.02. The van der Waals surface area contributed by atoms with Crippen molar-refractivity contribution in [2.24, 2.45) is 5.73 Å². The highest BCUT2D eigenvalue weighted by Gasteiger charge is 2.15. The highest BCUT2D eigenvalue weighted by molar-refractivity contribution is 6.31. The molecule has 25 heavy (non-hydrogen) atoms. The number of hydrogen-bond donors (Lipinski definition) is 2. The molecule has 1 unspecified atom stereocenters. The van der Waals surface area contributed by atoms with Gasteiger partial charge in [-0.1, -0.05) is 35.9 Å². The minimum Gasteiger partial charge on any atom is -0.497 e. The number of nitrogens with one attached hydrogen (secondary N) is 1. The summed E-state index contributed by atoms with van der Waals surface area (Å²) in [5.74, 6) is 0.857. The molecule has 0 fully saturated rings. The van der Waals surface area contributed by atoms with Crippen LogP contribution in [0.1, 0.15) is 18.9 Å². The average molecular weight is 360 g/mol. The van der Waals surface area contributed by atoms with E-state index in [-0.39, 0.29) is 6.17 Å². The summed E-state index contributed by atoms with van der Waals surface area (Å²) in [6.45, 7) is 2.79. The first-order chi connectivity index (χ1) is 12.1. The second-order valence-corrected chi connectivity index (χ2v) is 6.26. The van der Waals surface area contributed by atoms with Crippen LogP contribution in [0.15, 0.2) is 71.8 Å². The summed E-state index contributed by atoms with van der Waals surface area (Å²) in [5, 5.41) is 4.26. The van der Waals surface area contributed by atoms with E-state index in [1.165, 1.54) is 0 Å². The molecule has 1 atom stereocenters. The lowest BCUT2D eigenvalue weighted by Crippen LogP contribution is -2.40. The van der Waals surface area contributed by atoms with Gasteiger partial charge in [0.1, 0.15) is 5.76 Å². The van der Waals surface area contributed by atoms with Crippen molar-refractivity contribution < 1.29 is 4.74 Å². The molecule has 1 aromatic carbocycles. The zero-order chi connectivity index (χ0) is 18.2. The molecule has 1 aliphatic rings. The Morgan fingerprint density at radius 2 is 2.12 bits per heavy atom. The maximum atomic E-state index is 6.22. The van der Waals surface area contributed by atoms with E-state index in [1.807, 2.05) is 49.5 Å². The fourth-order valence-corrected chi connectivity index (χ4v) is 2.82. The van der Waals surface area contributed by atoms with Crippen LogP contribution < -0.4 is 11.1 Å². The van der Waals surface area contributed by atoms with E-state index >= 15 is 0 Å². The number of methoxy groups -OCH3 is 1. The minimum atomic E-state index is 0.0819. The molecule has 3 N–H and O–H groups in total. The number of rotatable bonds is 7. The number of benzene rings is 1. The van der Waals surface area contributed by atoms with E-state index in [2.05, 4.69) is 23.2 Å². The zero-order valence-corrected chi connectivity index (χ0v) is 15.8. The van der Waals surface area contributed by atoms with Crippen molar-refractivity contribution in [1.82, 2.24) is 10.2 Å². The molecule has 5 heteroatoms. The highest BCUT2D eigenvalue weighted by atomic mass is 35.5.